The molecule has 4 aromatic rings. The van der Waals surface area contributed by atoms with Gasteiger partial charge >= 0.3 is 0 Å². The van der Waals surface area contributed by atoms with E-state index in [1.165, 1.54) is 23.8 Å². The van der Waals surface area contributed by atoms with Crippen LogP contribution in [0.4, 0.5) is 5.95 Å². The normalized spacial score (nSPS) is 16.4. The number of benzene rings is 2. The number of piperidine rings is 1. The fraction of sp³-hybridized carbons (Fsp3) is 0.320. The van der Waals surface area contributed by atoms with E-state index in [2.05, 4.69) is 60.7 Å². The Morgan fingerprint density at radius 1 is 1.12 bits per heavy atom. The maximum atomic E-state index is 5.34. The summed E-state index contributed by atoms with van der Waals surface area (Å²) in [6.07, 6.45) is 7.94. The summed E-state index contributed by atoms with van der Waals surface area (Å²) < 4.78 is 5.34. The van der Waals surface area contributed by atoms with Crippen molar-refractivity contribution in [3.05, 3.63) is 66.6 Å². The van der Waals surface area contributed by atoms with Crippen molar-refractivity contribution in [2.75, 3.05) is 31.6 Å². The summed E-state index contributed by atoms with van der Waals surface area (Å²) >= 11 is 0. The number of aromatic amines is 1. The fourth-order valence-corrected chi connectivity index (χ4v) is 4.48. The van der Waals surface area contributed by atoms with Crippen LogP contribution in [0.25, 0.3) is 22.0 Å². The average molecular weight is 429 g/mol. The fourth-order valence-electron chi connectivity index (χ4n) is 4.48. The maximum Gasteiger partial charge on any atom is 0.225 e. The van der Waals surface area contributed by atoms with E-state index in [4.69, 9.17) is 4.74 Å². The lowest BCUT2D eigenvalue weighted by molar-refractivity contribution is 0.388. The lowest BCUT2D eigenvalue weighted by Crippen LogP contribution is -2.40. The summed E-state index contributed by atoms with van der Waals surface area (Å²) in [7, 11) is 1.69. The van der Waals surface area contributed by atoms with Crippen LogP contribution in [-0.2, 0) is 6.54 Å². The van der Waals surface area contributed by atoms with E-state index in [0.29, 0.717) is 5.92 Å². The number of methoxy groups -OCH3 is 1. The zero-order valence-electron chi connectivity index (χ0n) is 18.3. The third kappa shape index (κ3) is 4.43. The molecular weight excluding hydrogens is 400 g/mol. The van der Waals surface area contributed by atoms with Crippen molar-refractivity contribution in [3.63, 3.8) is 0 Å². The average Bonchev–Trinajstić information content (AvgIpc) is 3.32. The number of nitrogens with one attached hydrogen (secondary N) is 2. The summed E-state index contributed by atoms with van der Waals surface area (Å²) in [6, 6.07) is 14.5. The van der Waals surface area contributed by atoms with Gasteiger partial charge in [0.1, 0.15) is 5.75 Å². The third-order valence-corrected chi connectivity index (χ3v) is 6.16. The van der Waals surface area contributed by atoms with Gasteiger partial charge in [-0.1, -0.05) is 18.2 Å². The Hall–Kier alpha value is -3.45. The Labute approximate surface area is 187 Å². The molecule has 1 unspecified atom stereocenters. The molecule has 0 saturated carbocycles. The van der Waals surface area contributed by atoms with Crippen LogP contribution in [-0.4, -0.2) is 46.9 Å². The van der Waals surface area contributed by atoms with Crippen molar-refractivity contribution in [2.45, 2.75) is 19.4 Å². The number of ether oxygens (including phenoxy) is 1. The van der Waals surface area contributed by atoms with Crippen LogP contribution in [0.1, 0.15) is 18.4 Å². The third-order valence-electron chi connectivity index (χ3n) is 6.16. The molecule has 0 amide bonds. The second-order valence-electron chi connectivity index (χ2n) is 8.33. The van der Waals surface area contributed by atoms with Gasteiger partial charge in [0.2, 0.25) is 5.95 Å². The van der Waals surface area contributed by atoms with Crippen molar-refractivity contribution in [1.82, 2.24) is 25.5 Å². The van der Waals surface area contributed by atoms with Crippen LogP contribution >= 0.6 is 0 Å². The van der Waals surface area contributed by atoms with Crippen molar-refractivity contribution >= 4 is 16.7 Å². The summed E-state index contributed by atoms with van der Waals surface area (Å²) in [4.78, 5) is 11.1. The van der Waals surface area contributed by atoms with Gasteiger partial charge < -0.3 is 15.0 Å². The standard InChI is InChI=1S/C25H28N6O/c1-32-23-8-7-19-12-21(6-5-20(19)13-23)24-22(16-29-30-24)15-26-14-18-4-2-11-31(17-18)25-27-9-3-10-28-25/h3,5-10,12-13,16,18,26H,2,4,11,14-15,17H2,1H3,(H,29,30). The molecule has 7 nitrogen and oxygen atoms in total. The van der Waals surface area contributed by atoms with Gasteiger partial charge in [0.15, 0.2) is 0 Å². The monoisotopic (exact) mass is 428 g/mol. The van der Waals surface area contributed by atoms with Gasteiger partial charge in [-0.15, -0.1) is 0 Å². The summed E-state index contributed by atoms with van der Waals surface area (Å²) in [5.74, 6) is 2.29. The van der Waals surface area contributed by atoms with E-state index in [1.807, 2.05) is 30.7 Å². The summed E-state index contributed by atoms with van der Waals surface area (Å²) in [5, 5.41) is 13.5. The number of H-pyrrole nitrogens is 1. The van der Waals surface area contributed by atoms with Gasteiger partial charge in [0.05, 0.1) is 19.0 Å². The molecule has 0 spiro atoms. The predicted octanol–water partition coefficient (Wildman–Crippen LogP) is 4.03. The molecule has 3 heterocycles. The molecule has 7 heteroatoms. The summed E-state index contributed by atoms with van der Waals surface area (Å²) in [5.41, 5.74) is 3.39. The molecule has 0 radical (unpaired) electrons. The largest absolute Gasteiger partial charge is 0.497 e. The predicted molar refractivity (Wildman–Crippen MR) is 127 cm³/mol. The Kier molecular flexibility index (Phi) is 5.98. The van der Waals surface area contributed by atoms with Crippen molar-refractivity contribution in [1.29, 1.82) is 0 Å². The molecular formula is C25H28N6O. The highest BCUT2D eigenvalue weighted by Crippen LogP contribution is 2.28. The second-order valence-corrected chi connectivity index (χ2v) is 8.33. The van der Waals surface area contributed by atoms with E-state index < -0.39 is 0 Å². The van der Waals surface area contributed by atoms with Gasteiger partial charge in [-0.05, 0) is 60.3 Å². The molecule has 2 aromatic heterocycles. The maximum absolute atomic E-state index is 5.34. The zero-order valence-corrected chi connectivity index (χ0v) is 18.3. The van der Waals surface area contributed by atoms with Gasteiger partial charge in [-0.25, -0.2) is 9.97 Å². The highest BCUT2D eigenvalue weighted by atomic mass is 16.5. The Balaban J connectivity index is 1.22. The molecule has 1 aliphatic rings. The van der Waals surface area contributed by atoms with Gasteiger partial charge in [-0.2, -0.15) is 5.10 Å². The van der Waals surface area contributed by atoms with Crippen LogP contribution in [0.2, 0.25) is 0 Å². The Bertz CT molecular complexity index is 1180. The first kappa shape index (κ1) is 20.5. The first-order valence-corrected chi connectivity index (χ1v) is 11.1. The SMILES string of the molecule is COc1ccc2cc(-c3[nH]ncc3CNCC3CCCN(c4ncccn4)C3)ccc2c1. The highest BCUT2D eigenvalue weighted by Gasteiger charge is 2.21. The quantitative estimate of drug-likeness (QED) is 0.463. The lowest BCUT2D eigenvalue weighted by Gasteiger charge is -2.32. The van der Waals surface area contributed by atoms with E-state index in [9.17, 15) is 0 Å². The van der Waals surface area contributed by atoms with Gasteiger partial charge in [0, 0.05) is 43.2 Å². The number of aromatic nitrogens is 4. The first-order chi connectivity index (χ1) is 15.8. The molecule has 2 N–H and O–H groups in total. The number of anilines is 1. The van der Waals surface area contributed by atoms with Gasteiger partial charge in [-0.3, -0.25) is 5.10 Å². The van der Waals surface area contributed by atoms with Crippen LogP contribution in [0.15, 0.2) is 61.1 Å². The zero-order chi connectivity index (χ0) is 21.8. The first-order valence-electron chi connectivity index (χ1n) is 11.1. The lowest BCUT2D eigenvalue weighted by atomic mass is 9.98. The van der Waals surface area contributed by atoms with Crippen molar-refractivity contribution in [3.8, 4) is 17.0 Å². The smallest absolute Gasteiger partial charge is 0.225 e. The van der Waals surface area contributed by atoms with E-state index in [-0.39, 0.29) is 0 Å². The minimum Gasteiger partial charge on any atom is -0.497 e. The number of hydrogen-bond acceptors (Lipinski definition) is 6. The minimum atomic E-state index is 0.582. The van der Waals surface area contributed by atoms with Crippen LogP contribution in [0.5, 0.6) is 5.75 Å². The number of nitrogens with zero attached hydrogens (tertiary/aromatic N) is 4. The molecule has 5 rings (SSSR count). The van der Waals surface area contributed by atoms with E-state index >= 15 is 0 Å². The van der Waals surface area contributed by atoms with Crippen LogP contribution < -0.4 is 15.0 Å². The van der Waals surface area contributed by atoms with E-state index in [1.54, 1.807) is 7.11 Å². The number of hydrogen-bond donors (Lipinski definition) is 2. The van der Waals surface area contributed by atoms with Crippen molar-refractivity contribution in [2.24, 2.45) is 5.92 Å². The van der Waals surface area contributed by atoms with Crippen LogP contribution in [0.3, 0.4) is 0 Å². The molecule has 0 aliphatic carbocycles. The van der Waals surface area contributed by atoms with Crippen molar-refractivity contribution < 1.29 is 4.74 Å². The molecule has 0 bridgehead atoms. The molecule has 1 atom stereocenters. The van der Waals surface area contributed by atoms with E-state index in [0.717, 1.165) is 54.5 Å². The molecule has 2 aromatic carbocycles. The Morgan fingerprint density at radius 3 is 2.84 bits per heavy atom. The summed E-state index contributed by atoms with van der Waals surface area (Å²) in [6.45, 7) is 3.76. The number of rotatable bonds is 7. The highest BCUT2D eigenvalue weighted by molar-refractivity contribution is 5.88. The molecule has 1 aliphatic heterocycles. The molecule has 1 saturated heterocycles. The molecule has 164 valence electrons. The molecule has 1 fully saturated rings. The topological polar surface area (TPSA) is 79.0 Å². The second kappa shape index (κ2) is 9.36. The minimum absolute atomic E-state index is 0.582. The number of fused-ring (bicyclic) bond motifs is 1. The van der Waals surface area contributed by atoms with Gasteiger partial charge in [0.25, 0.3) is 0 Å². The van der Waals surface area contributed by atoms with Crippen LogP contribution in [0, 0.1) is 5.92 Å². The Morgan fingerprint density at radius 2 is 1.97 bits per heavy atom. The molecule has 32 heavy (non-hydrogen) atoms.